The van der Waals surface area contributed by atoms with E-state index in [0.29, 0.717) is 43.1 Å². The molecule has 4 rings (SSSR count). The third-order valence-electron chi connectivity index (χ3n) is 5.27. The predicted molar refractivity (Wildman–Crippen MR) is 113 cm³/mol. The van der Waals surface area contributed by atoms with Gasteiger partial charge in [-0.2, -0.15) is 10.4 Å². The summed E-state index contributed by atoms with van der Waals surface area (Å²) < 4.78 is 1.69. The molecule has 2 aromatic heterocycles. The highest BCUT2D eigenvalue weighted by Gasteiger charge is 2.24. The minimum absolute atomic E-state index is 0.0854. The maximum atomic E-state index is 11.4. The molecule has 30 heavy (non-hydrogen) atoms. The quantitative estimate of drug-likeness (QED) is 0.670. The van der Waals surface area contributed by atoms with E-state index in [4.69, 9.17) is 5.73 Å². The Bertz CT molecular complexity index is 1110. The number of amides is 1. The highest BCUT2D eigenvalue weighted by atomic mass is 16.1. The molecule has 1 aliphatic heterocycles. The van der Waals surface area contributed by atoms with Crippen LogP contribution < -0.4 is 16.0 Å². The Morgan fingerprint density at radius 1 is 1.30 bits per heavy atom. The summed E-state index contributed by atoms with van der Waals surface area (Å²) in [5.74, 6) is 0.124. The Balaban J connectivity index is 1.55. The number of aromatic nitrogens is 4. The van der Waals surface area contributed by atoms with Crippen LogP contribution in [0, 0.1) is 17.2 Å². The Morgan fingerprint density at radius 3 is 2.77 bits per heavy atom. The van der Waals surface area contributed by atoms with Crippen LogP contribution in [0.15, 0.2) is 42.9 Å². The summed E-state index contributed by atoms with van der Waals surface area (Å²) in [5, 5.41) is 16.9. The van der Waals surface area contributed by atoms with E-state index in [1.54, 1.807) is 17.1 Å². The molecule has 152 valence electrons. The number of nitrogens with zero attached hydrogens (tertiary/aromatic N) is 6. The lowest BCUT2D eigenvalue weighted by Gasteiger charge is -2.33. The molecule has 0 radical (unpaired) electrons. The van der Waals surface area contributed by atoms with Gasteiger partial charge in [-0.15, -0.1) is 0 Å². The largest absolute Gasteiger partial charge is 0.370 e. The molecule has 1 aliphatic rings. The molecule has 0 spiro atoms. The van der Waals surface area contributed by atoms with E-state index >= 15 is 0 Å². The fourth-order valence-electron chi connectivity index (χ4n) is 3.66. The maximum absolute atomic E-state index is 11.4. The van der Waals surface area contributed by atoms with Gasteiger partial charge < -0.3 is 16.0 Å². The van der Waals surface area contributed by atoms with Gasteiger partial charge in [-0.1, -0.05) is 6.07 Å². The number of primary amides is 1. The molecular formula is C21H22N8O. The first-order valence-corrected chi connectivity index (χ1v) is 9.71. The minimum Gasteiger partial charge on any atom is -0.370 e. The molecule has 9 nitrogen and oxygen atoms in total. The molecule has 3 N–H and O–H groups in total. The molecule has 3 aromatic rings. The lowest BCUT2D eigenvalue weighted by Crippen LogP contribution is -2.38. The van der Waals surface area contributed by atoms with E-state index in [0.717, 1.165) is 16.9 Å². The first kappa shape index (κ1) is 19.4. The normalized spacial score (nSPS) is 14.3. The number of hydrogen-bond donors (Lipinski definition) is 2. The molecule has 0 atom stereocenters. The van der Waals surface area contributed by atoms with Crippen molar-refractivity contribution in [3.63, 3.8) is 0 Å². The van der Waals surface area contributed by atoms with Crippen LogP contribution in [0.2, 0.25) is 0 Å². The Kier molecular flexibility index (Phi) is 5.30. The van der Waals surface area contributed by atoms with Crippen LogP contribution in [-0.2, 0) is 11.8 Å². The molecule has 0 saturated carbocycles. The van der Waals surface area contributed by atoms with E-state index in [1.165, 1.54) is 0 Å². The summed E-state index contributed by atoms with van der Waals surface area (Å²) in [6.07, 6.45) is 6.62. The summed E-state index contributed by atoms with van der Waals surface area (Å²) >= 11 is 0. The van der Waals surface area contributed by atoms with E-state index in [9.17, 15) is 10.1 Å². The number of nitrogens with one attached hydrogen (secondary N) is 1. The zero-order valence-corrected chi connectivity index (χ0v) is 16.6. The van der Waals surface area contributed by atoms with Crippen LogP contribution in [0.5, 0.6) is 0 Å². The molecule has 1 saturated heterocycles. The zero-order valence-electron chi connectivity index (χ0n) is 16.6. The van der Waals surface area contributed by atoms with Crippen molar-refractivity contribution in [2.24, 2.45) is 18.7 Å². The number of piperidine rings is 1. The second-order valence-corrected chi connectivity index (χ2v) is 7.30. The zero-order chi connectivity index (χ0) is 21.1. The molecule has 1 fully saturated rings. The lowest BCUT2D eigenvalue weighted by atomic mass is 9.95. The van der Waals surface area contributed by atoms with Crippen molar-refractivity contribution >= 4 is 23.2 Å². The fourth-order valence-corrected chi connectivity index (χ4v) is 3.66. The van der Waals surface area contributed by atoms with Gasteiger partial charge in [0.1, 0.15) is 6.07 Å². The van der Waals surface area contributed by atoms with Crippen molar-refractivity contribution < 1.29 is 4.79 Å². The van der Waals surface area contributed by atoms with Gasteiger partial charge >= 0.3 is 0 Å². The SMILES string of the molecule is Cn1cc(Nc2nccc(-c3ccc(N4CCC(C(N)=O)CC4)c(C#N)c3)n2)cn1. The number of carbonyl (C=O) groups excluding carboxylic acids is 1. The predicted octanol–water partition coefficient (Wildman–Crippen LogP) is 2.19. The Morgan fingerprint density at radius 2 is 2.10 bits per heavy atom. The van der Waals surface area contributed by atoms with Crippen LogP contribution in [0.4, 0.5) is 17.3 Å². The van der Waals surface area contributed by atoms with Crippen molar-refractivity contribution in [1.82, 2.24) is 19.7 Å². The Hall–Kier alpha value is -3.93. The molecule has 9 heteroatoms. The van der Waals surface area contributed by atoms with Gasteiger partial charge in [-0.25, -0.2) is 9.97 Å². The number of aryl methyl sites for hydroxylation is 1. The van der Waals surface area contributed by atoms with Gasteiger partial charge in [0.05, 0.1) is 28.8 Å². The van der Waals surface area contributed by atoms with Crippen LogP contribution in [0.25, 0.3) is 11.3 Å². The second kappa shape index (κ2) is 8.21. The van der Waals surface area contributed by atoms with Gasteiger partial charge in [-0.05, 0) is 31.0 Å². The topological polar surface area (TPSA) is 126 Å². The summed E-state index contributed by atoms with van der Waals surface area (Å²) in [7, 11) is 1.84. The fraction of sp³-hybridized carbons (Fsp3) is 0.286. The first-order chi connectivity index (χ1) is 14.5. The molecule has 3 heterocycles. The van der Waals surface area contributed by atoms with Gasteiger partial charge in [0.15, 0.2) is 0 Å². The summed E-state index contributed by atoms with van der Waals surface area (Å²) in [4.78, 5) is 22.3. The van der Waals surface area contributed by atoms with Crippen LogP contribution in [-0.4, -0.2) is 38.7 Å². The molecule has 0 aliphatic carbocycles. The number of benzene rings is 1. The first-order valence-electron chi connectivity index (χ1n) is 9.71. The van der Waals surface area contributed by atoms with Crippen molar-refractivity contribution in [3.8, 4) is 17.3 Å². The van der Waals surface area contributed by atoms with E-state index in [1.807, 2.05) is 37.5 Å². The number of carbonyl (C=O) groups is 1. The third kappa shape index (κ3) is 4.07. The van der Waals surface area contributed by atoms with Crippen LogP contribution in [0.1, 0.15) is 18.4 Å². The number of anilines is 3. The van der Waals surface area contributed by atoms with Gasteiger partial charge in [-0.3, -0.25) is 9.48 Å². The molecule has 1 amide bonds. The van der Waals surface area contributed by atoms with Gasteiger partial charge in [0.2, 0.25) is 11.9 Å². The van der Waals surface area contributed by atoms with E-state index in [-0.39, 0.29) is 11.8 Å². The number of nitrogens with two attached hydrogens (primary N) is 1. The number of nitriles is 1. The monoisotopic (exact) mass is 402 g/mol. The summed E-state index contributed by atoms with van der Waals surface area (Å²) in [5.41, 5.74) is 9.20. The van der Waals surface area contributed by atoms with Crippen molar-refractivity contribution in [1.29, 1.82) is 5.26 Å². The number of hydrogen-bond acceptors (Lipinski definition) is 7. The van der Waals surface area contributed by atoms with Crippen molar-refractivity contribution in [2.75, 3.05) is 23.3 Å². The maximum Gasteiger partial charge on any atom is 0.227 e. The van der Waals surface area contributed by atoms with Crippen molar-refractivity contribution in [3.05, 3.63) is 48.4 Å². The molecule has 0 unspecified atom stereocenters. The standard InChI is InChI=1S/C21H22N8O/c1-28-13-17(12-25-28)26-21-24-7-4-18(27-21)15-2-3-19(16(10-15)11-22)29-8-5-14(6-9-29)20(23)30/h2-4,7,10,12-14H,5-6,8-9H2,1H3,(H2,23,30)(H,24,26,27). The van der Waals surface area contributed by atoms with E-state index in [2.05, 4.69) is 31.4 Å². The lowest BCUT2D eigenvalue weighted by molar-refractivity contribution is -0.122. The van der Waals surface area contributed by atoms with Crippen LogP contribution >= 0.6 is 0 Å². The second-order valence-electron chi connectivity index (χ2n) is 7.30. The smallest absolute Gasteiger partial charge is 0.227 e. The minimum atomic E-state index is -0.245. The highest BCUT2D eigenvalue weighted by molar-refractivity contribution is 5.77. The summed E-state index contributed by atoms with van der Waals surface area (Å²) in [6.45, 7) is 1.41. The van der Waals surface area contributed by atoms with Crippen molar-refractivity contribution in [2.45, 2.75) is 12.8 Å². The average molecular weight is 402 g/mol. The highest BCUT2D eigenvalue weighted by Crippen LogP contribution is 2.30. The van der Waals surface area contributed by atoms with Crippen LogP contribution in [0.3, 0.4) is 0 Å². The summed E-state index contributed by atoms with van der Waals surface area (Å²) in [6, 6.07) is 9.83. The average Bonchev–Trinajstić information content (AvgIpc) is 3.18. The van der Waals surface area contributed by atoms with Gasteiger partial charge in [0, 0.05) is 44.0 Å². The van der Waals surface area contributed by atoms with Gasteiger partial charge in [0.25, 0.3) is 0 Å². The Labute approximate surface area is 174 Å². The third-order valence-corrected chi connectivity index (χ3v) is 5.27. The molecular weight excluding hydrogens is 380 g/mol. The molecule has 1 aromatic carbocycles. The number of rotatable bonds is 5. The molecule has 0 bridgehead atoms. The van der Waals surface area contributed by atoms with E-state index < -0.39 is 0 Å².